The Balaban J connectivity index is 2.01. The van der Waals surface area contributed by atoms with Crippen molar-refractivity contribution >= 4 is 33.4 Å². The van der Waals surface area contributed by atoms with E-state index in [2.05, 4.69) is 0 Å². The summed E-state index contributed by atoms with van der Waals surface area (Å²) in [6.45, 7) is 0.789. The maximum atomic E-state index is 12.6. The Morgan fingerprint density at radius 1 is 1.07 bits per heavy atom. The fourth-order valence-corrected chi connectivity index (χ4v) is 5.36. The van der Waals surface area contributed by atoms with Crippen molar-refractivity contribution in [3.8, 4) is 0 Å². The number of carboxylic acid groups (broad SMARTS) is 1. The SMILES string of the molecule is O=C([O-])c1ccccc1Sc1ccc(S(=O)(=O)N2CCCC2)cc1[N+](=O)[O-]. The van der Waals surface area contributed by atoms with Gasteiger partial charge in [-0.25, -0.2) is 8.42 Å². The number of carbonyl (C=O) groups excluding carboxylic acids is 1. The Hall–Kier alpha value is -2.43. The predicted molar refractivity (Wildman–Crippen MR) is 96.0 cm³/mol. The van der Waals surface area contributed by atoms with E-state index in [4.69, 9.17) is 0 Å². The number of carbonyl (C=O) groups is 1. The lowest BCUT2D eigenvalue weighted by molar-refractivity contribution is -0.388. The Kier molecular flexibility index (Phi) is 5.49. The molecule has 142 valence electrons. The van der Waals surface area contributed by atoms with E-state index in [1.54, 1.807) is 6.07 Å². The van der Waals surface area contributed by atoms with Gasteiger partial charge in [-0.2, -0.15) is 4.31 Å². The molecule has 1 saturated heterocycles. The first-order valence-corrected chi connectivity index (χ1v) is 10.3. The van der Waals surface area contributed by atoms with Gasteiger partial charge in [0, 0.05) is 29.6 Å². The van der Waals surface area contributed by atoms with Crippen molar-refractivity contribution in [2.24, 2.45) is 0 Å². The summed E-state index contributed by atoms with van der Waals surface area (Å²) in [6.07, 6.45) is 1.52. The van der Waals surface area contributed by atoms with E-state index in [0.29, 0.717) is 13.1 Å². The molecule has 0 radical (unpaired) electrons. The van der Waals surface area contributed by atoms with E-state index in [1.165, 1.54) is 34.6 Å². The highest BCUT2D eigenvalue weighted by molar-refractivity contribution is 7.99. The van der Waals surface area contributed by atoms with Crippen LogP contribution in [0.25, 0.3) is 0 Å². The van der Waals surface area contributed by atoms with Crippen molar-refractivity contribution in [3.05, 3.63) is 58.1 Å². The summed E-state index contributed by atoms with van der Waals surface area (Å²) < 4.78 is 26.6. The van der Waals surface area contributed by atoms with Crippen molar-refractivity contribution in [2.45, 2.75) is 27.5 Å². The zero-order chi connectivity index (χ0) is 19.6. The van der Waals surface area contributed by atoms with Crippen LogP contribution < -0.4 is 5.11 Å². The highest BCUT2D eigenvalue weighted by Crippen LogP contribution is 2.38. The molecule has 2 aromatic rings. The number of carboxylic acids is 1. The Bertz CT molecular complexity index is 1000. The van der Waals surface area contributed by atoms with E-state index < -0.39 is 26.6 Å². The maximum absolute atomic E-state index is 12.6. The van der Waals surface area contributed by atoms with Crippen LogP contribution in [-0.2, 0) is 10.0 Å². The molecule has 0 bridgehead atoms. The molecule has 3 rings (SSSR count). The number of nitro groups is 1. The summed E-state index contributed by atoms with van der Waals surface area (Å²) in [7, 11) is -3.79. The summed E-state index contributed by atoms with van der Waals surface area (Å²) >= 11 is 0.878. The summed E-state index contributed by atoms with van der Waals surface area (Å²) in [5.41, 5.74) is -0.487. The summed E-state index contributed by atoms with van der Waals surface area (Å²) in [5, 5.41) is 22.7. The first kappa shape index (κ1) is 19.3. The van der Waals surface area contributed by atoms with Crippen LogP contribution in [0.15, 0.2) is 57.2 Å². The van der Waals surface area contributed by atoms with Gasteiger partial charge >= 0.3 is 0 Å². The summed E-state index contributed by atoms with van der Waals surface area (Å²) in [5.74, 6) is -1.39. The largest absolute Gasteiger partial charge is 0.545 e. The first-order valence-electron chi connectivity index (χ1n) is 8.07. The Labute approximate surface area is 160 Å². The minimum atomic E-state index is -3.79. The number of aromatic carboxylic acids is 1. The smallest absolute Gasteiger partial charge is 0.284 e. The number of hydrogen-bond donors (Lipinski definition) is 0. The van der Waals surface area contributed by atoms with E-state index in [9.17, 15) is 28.4 Å². The fraction of sp³-hybridized carbons (Fsp3) is 0.235. The van der Waals surface area contributed by atoms with Crippen LogP contribution in [0.2, 0.25) is 0 Å². The maximum Gasteiger partial charge on any atom is 0.284 e. The van der Waals surface area contributed by atoms with Crippen LogP contribution in [0.1, 0.15) is 23.2 Å². The first-order chi connectivity index (χ1) is 12.8. The molecule has 0 aliphatic carbocycles. The average molecular weight is 407 g/mol. The molecule has 10 heteroatoms. The van der Waals surface area contributed by atoms with Gasteiger partial charge in [-0.1, -0.05) is 30.0 Å². The van der Waals surface area contributed by atoms with Gasteiger partial charge in [0.25, 0.3) is 5.69 Å². The number of nitro benzene ring substituents is 1. The fourth-order valence-electron chi connectivity index (χ4n) is 2.81. The van der Waals surface area contributed by atoms with Crippen molar-refractivity contribution in [3.63, 3.8) is 0 Å². The van der Waals surface area contributed by atoms with Gasteiger partial charge in [0.15, 0.2) is 0 Å². The predicted octanol–water partition coefficient (Wildman–Crippen LogP) is 1.89. The average Bonchev–Trinajstić information content (AvgIpc) is 3.17. The molecule has 0 aromatic heterocycles. The highest BCUT2D eigenvalue weighted by atomic mass is 32.2. The van der Waals surface area contributed by atoms with Crippen molar-refractivity contribution in [1.29, 1.82) is 0 Å². The molecule has 1 aliphatic rings. The highest BCUT2D eigenvalue weighted by Gasteiger charge is 2.29. The van der Waals surface area contributed by atoms with Gasteiger partial charge in [-0.3, -0.25) is 10.1 Å². The van der Waals surface area contributed by atoms with Crippen molar-refractivity contribution in [1.82, 2.24) is 4.31 Å². The number of hydrogen-bond acceptors (Lipinski definition) is 7. The van der Waals surface area contributed by atoms with Crippen LogP contribution >= 0.6 is 11.8 Å². The number of rotatable bonds is 6. The Morgan fingerprint density at radius 2 is 1.74 bits per heavy atom. The van der Waals surface area contributed by atoms with Gasteiger partial charge in [-0.05, 0) is 31.0 Å². The van der Waals surface area contributed by atoms with Crippen LogP contribution in [0.3, 0.4) is 0 Å². The third-order valence-corrected chi connectivity index (χ3v) is 7.19. The van der Waals surface area contributed by atoms with Crippen LogP contribution in [0, 0.1) is 10.1 Å². The second kappa shape index (κ2) is 7.67. The topological polar surface area (TPSA) is 121 Å². The molecule has 8 nitrogen and oxygen atoms in total. The van der Waals surface area contributed by atoms with E-state index >= 15 is 0 Å². The lowest BCUT2D eigenvalue weighted by Crippen LogP contribution is -2.27. The number of benzene rings is 2. The minimum absolute atomic E-state index is 0.0921. The lowest BCUT2D eigenvalue weighted by Gasteiger charge is -2.16. The molecule has 0 unspecified atom stereocenters. The zero-order valence-electron chi connectivity index (χ0n) is 14.0. The van der Waals surface area contributed by atoms with Gasteiger partial charge in [0.2, 0.25) is 10.0 Å². The molecular formula is C17H15N2O6S2-. The third kappa shape index (κ3) is 3.97. The normalized spacial score (nSPS) is 15.0. The van der Waals surface area contributed by atoms with Gasteiger partial charge < -0.3 is 9.90 Å². The quantitative estimate of drug-likeness (QED) is 0.529. The van der Waals surface area contributed by atoms with Crippen molar-refractivity contribution < 1.29 is 23.2 Å². The monoisotopic (exact) mass is 407 g/mol. The Morgan fingerprint density at radius 3 is 2.37 bits per heavy atom. The molecule has 0 spiro atoms. The minimum Gasteiger partial charge on any atom is -0.545 e. The second-order valence-electron chi connectivity index (χ2n) is 5.88. The second-order valence-corrected chi connectivity index (χ2v) is 8.91. The molecule has 1 aliphatic heterocycles. The summed E-state index contributed by atoms with van der Waals surface area (Å²) in [4.78, 5) is 22.3. The summed E-state index contributed by atoms with van der Waals surface area (Å²) in [6, 6.07) is 9.65. The molecule has 27 heavy (non-hydrogen) atoms. The molecule has 2 aromatic carbocycles. The molecular weight excluding hydrogens is 392 g/mol. The number of nitrogens with zero attached hydrogens (tertiary/aromatic N) is 2. The third-order valence-electron chi connectivity index (χ3n) is 4.16. The van der Waals surface area contributed by atoms with E-state index in [-0.39, 0.29) is 20.2 Å². The number of sulfonamides is 1. The van der Waals surface area contributed by atoms with Gasteiger partial charge in [0.05, 0.1) is 20.7 Å². The van der Waals surface area contributed by atoms with Crippen LogP contribution in [-0.4, -0.2) is 36.7 Å². The zero-order valence-corrected chi connectivity index (χ0v) is 15.7. The molecule has 0 amide bonds. The molecule has 0 N–H and O–H groups in total. The van der Waals surface area contributed by atoms with E-state index in [0.717, 1.165) is 30.7 Å². The lowest BCUT2D eigenvalue weighted by atomic mass is 10.2. The molecule has 1 fully saturated rings. The molecule has 0 saturated carbocycles. The standard InChI is InChI=1S/C17H16N2O6S2/c20-17(21)13-5-1-2-6-15(13)26-16-8-7-12(11-14(16)19(22)23)27(24,25)18-9-3-4-10-18/h1-2,5-8,11H,3-4,9-10H2,(H,20,21)/p-1. The van der Waals surface area contributed by atoms with Gasteiger partial charge in [0.1, 0.15) is 0 Å². The molecule has 0 atom stereocenters. The van der Waals surface area contributed by atoms with Crippen LogP contribution in [0.5, 0.6) is 0 Å². The van der Waals surface area contributed by atoms with Crippen molar-refractivity contribution in [2.75, 3.05) is 13.1 Å². The van der Waals surface area contributed by atoms with Crippen LogP contribution in [0.4, 0.5) is 5.69 Å². The van der Waals surface area contributed by atoms with Gasteiger partial charge in [-0.15, -0.1) is 0 Å². The van der Waals surface area contributed by atoms with E-state index in [1.807, 2.05) is 0 Å². The molecule has 1 heterocycles.